The highest BCUT2D eigenvalue weighted by molar-refractivity contribution is 6.30. The van der Waals surface area contributed by atoms with Crippen molar-refractivity contribution < 1.29 is 14.3 Å². The molecule has 0 atom stereocenters. The van der Waals surface area contributed by atoms with Crippen LogP contribution in [0, 0.1) is 5.92 Å². The van der Waals surface area contributed by atoms with Crippen molar-refractivity contribution in [3.05, 3.63) is 35.5 Å². The Morgan fingerprint density at radius 3 is 2.52 bits per heavy atom. The van der Waals surface area contributed by atoms with Crippen LogP contribution in [0.1, 0.15) is 12.8 Å². The number of fused-ring (bicyclic) bond motifs is 1. The molecule has 1 aromatic carbocycles. The van der Waals surface area contributed by atoms with Gasteiger partial charge in [-0.2, -0.15) is 4.98 Å². The average molecular weight is 443 g/mol. The first kappa shape index (κ1) is 20.9. The van der Waals surface area contributed by atoms with E-state index in [2.05, 4.69) is 20.3 Å². The van der Waals surface area contributed by atoms with Gasteiger partial charge in [-0.3, -0.25) is 4.79 Å². The highest BCUT2D eigenvalue weighted by Crippen LogP contribution is 2.34. The van der Waals surface area contributed by atoms with Gasteiger partial charge in [-0.15, -0.1) is 0 Å². The molecule has 1 aliphatic rings. The number of nitrogens with zero attached hydrogens (tertiary/aromatic N) is 4. The van der Waals surface area contributed by atoms with Gasteiger partial charge in [0.1, 0.15) is 11.6 Å². The van der Waals surface area contributed by atoms with Crippen molar-refractivity contribution in [3.63, 3.8) is 0 Å². The summed E-state index contributed by atoms with van der Waals surface area (Å²) in [7, 11) is 3.14. The third-order valence-electron chi connectivity index (χ3n) is 5.35. The predicted molar refractivity (Wildman–Crippen MR) is 120 cm³/mol. The van der Waals surface area contributed by atoms with Gasteiger partial charge in [-0.05, 0) is 31.0 Å². The molecule has 1 fully saturated rings. The summed E-state index contributed by atoms with van der Waals surface area (Å²) in [5.41, 5.74) is 6.87. The molecule has 3 N–H and O–H groups in total. The number of nitrogens with two attached hydrogens (primary N) is 1. The number of halogens is 1. The highest BCUT2D eigenvalue weighted by Gasteiger charge is 2.27. The summed E-state index contributed by atoms with van der Waals surface area (Å²) in [5, 5.41) is 4.07. The average Bonchev–Trinajstić information content (AvgIpc) is 2.79. The van der Waals surface area contributed by atoms with E-state index in [0.717, 1.165) is 0 Å². The maximum absolute atomic E-state index is 12.6. The number of ether oxygens (including phenoxy) is 2. The Morgan fingerprint density at radius 2 is 1.87 bits per heavy atom. The zero-order chi connectivity index (χ0) is 22.0. The summed E-state index contributed by atoms with van der Waals surface area (Å²) in [5.74, 6) is 2.38. The first-order valence-corrected chi connectivity index (χ1v) is 10.2. The number of methoxy groups -OCH3 is 2. The number of aromatic nitrogens is 3. The number of nitrogens with one attached hydrogen (secondary N) is 1. The van der Waals surface area contributed by atoms with E-state index in [-0.39, 0.29) is 11.8 Å². The lowest BCUT2D eigenvalue weighted by molar-refractivity contribution is -0.120. The third-order valence-corrected chi connectivity index (χ3v) is 5.57. The van der Waals surface area contributed by atoms with Crippen LogP contribution >= 0.6 is 11.6 Å². The fraction of sp³-hybridized carbons (Fsp3) is 0.333. The lowest BCUT2D eigenvalue weighted by Gasteiger charge is -2.31. The third kappa shape index (κ3) is 4.41. The molecule has 1 amide bonds. The fourth-order valence-corrected chi connectivity index (χ4v) is 3.74. The second-order valence-corrected chi connectivity index (χ2v) is 7.68. The Labute approximate surface area is 184 Å². The van der Waals surface area contributed by atoms with Gasteiger partial charge >= 0.3 is 0 Å². The van der Waals surface area contributed by atoms with Gasteiger partial charge < -0.3 is 25.4 Å². The maximum Gasteiger partial charge on any atom is 0.228 e. The number of benzene rings is 1. The first-order chi connectivity index (χ1) is 15.0. The molecule has 0 saturated carbocycles. The predicted octanol–water partition coefficient (Wildman–Crippen LogP) is 3.13. The smallest absolute Gasteiger partial charge is 0.228 e. The summed E-state index contributed by atoms with van der Waals surface area (Å²) in [6, 6.07) is 6.94. The summed E-state index contributed by atoms with van der Waals surface area (Å²) in [6.45, 7) is 1.29. The second-order valence-electron chi connectivity index (χ2n) is 7.25. The molecule has 2 aromatic heterocycles. The van der Waals surface area contributed by atoms with Crippen molar-refractivity contribution in [2.75, 3.05) is 43.3 Å². The van der Waals surface area contributed by atoms with Gasteiger partial charge in [-0.25, -0.2) is 9.97 Å². The van der Waals surface area contributed by atoms with E-state index in [9.17, 15) is 4.79 Å². The Balaban J connectivity index is 1.46. The van der Waals surface area contributed by atoms with Gasteiger partial charge in [-0.1, -0.05) is 11.6 Å². The van der Waals surface area contributed by atoms with Crippen molar-refractivity contribution in [3.8, 4) is 11.5 Å². The summed E-state index contributed by atoms with van der Waals surface area (Å²) < 4.78 is 10.7. The van der Waals surface area contributed by atoms with Crippen LogP contribution in [0.2, 0.25) is 5.02 Å². The van der Waals surface area contributed by atoms with E-state index in [1.54, 1.807) is 38.5 Å². The van der Waals surface area contributed by atoms with Crippen LogP contribution in [0.4, 0.5) is 17.6 Å². The minimum absolute atomic E-state index is 0.0507. The zero-order valence-corrected chi connectivity index (χ0v) is 18.0. The number of piperidine rings is 1. The minimum atomic E-state index is -0.115. The number of amides is 1. The number of anilines is 3. The van der Waals surface area contributed by atoms with E-state index in [0.29, 0.717) is 70.9 Å². The second kappa shape index (κ2) is 8.81. The number of nitrogen functional groups attached to an aromatic ring is 1. The van der Waals surface area contributed by atoms with Gasteiger partial charge in [0.2, 0.25) is 11.9 Å². The van der Waals surface area contributed by atoms with Gasteiger partial charge in [0.25, 0.3) is 0 Å². The van der Waals surface area contributed by atoms with Crippen molar-refractivity contribution in [1.82, 2.24) is 15.0 Å². The molecule has 0 bridgehead atoms. The topological polar surface area (TPSA) is 115 Å². The standard InChI is InChI=1S/C21H23ClN6O3/c1-30-16-9-14-15(10-17(16)31-2)25-21(27-19(14)23)28-7-5-12(6-8-28)20(29)26-18-4-3-13(22)11-24-18/h3-4,9-12H,5-8H2,1-2H3,(H2,23,25,27)(H,24,26,29). The van der Waals surface area contributed by atoms with E-state index in [1.165, 1.54) is 6.20 Å². The van der Waals surface area contributed by atoms with Crippen LogP contribution in [0.25, 0.3) is 10.9 Å². The Morgan fingerprint density at radius 1 is 1.16 bits per heavy atom. The molecule has 3 heterocycles. The number of hydrogen-bond acceptors (Lipinski definition) is 8. The largest absolute Gasteiger partial charge is 0.493 e. The molecule has 3 aromatic rings. The molecule has 4 rings (SSSR count). The molecule has 31 heavy (non-hydrogen) atoms. The quantitative estimate of drug-likeness (QED) is 0.619. The number of rotatable bonds is 5. The molecule has 162 valence electrons. The Kier molecular flexibility index (Phi) is 5.94. The van der Waals surface area contributed by atoms with E-state index >= 15 is 0 Å². The van der Waals surface area contributed by atoms with Crippen molar-refractivity contribution >= 4 is 46.0 Å². The number of pyridine rings is 1. The van der Waals surface area contributed by atoms with Crippen LogP contribution in [0.3, 0.4) is 0 Å². The van der Waals surface area contributed by atoms with Crippen LogP contribution in [-0.2, 0) is 4.79 Å². The molecule has 1 saturated heterocycles. The summed E-state index contributed by atoms with van der Waals surface area (Å²) in [6.07, 6.45) is 2.85. The summed E-state index contributed by atoms with van der Waals surface area (Å²) >= 11 is 5.84. The molecule has 10 heteroatoms. The van der Waals surface area contributed by atoms with Crippen LogP contribution in [0.5, 0.6) is 11.5 Å². The van der Waals surface area contributed by atoms with E-state index < -0.39 is 0 Å². The normalized spacial score (nSPS) is 14.5. The summed E-state index contributed by atoms with van der Waals surface area (Å²) in [4.78, 5) is 27.9. The molecular formula is C21H23ClN6O3. The monoisotopic (exact) mass is 442 g/mol. The molecule has 0 spiro atoms. The minimum Gasteiger partial charge on any atom is -0.493 e. The Hall–Kier alpha value is -3.33. The van der Waals surface area contributed by atoms with Crippen LogP contribution < -0.4 is 25.4 Å². The lowest BCUT2D eigenvalue weighted by Crippen LogP contribution is -2.39. The molecule has 1 aliphatic heterocycles. The van der Waals surface area contributed by atoms with E-state index in [4.69, 9.17) is 26.8 Å². The molecular weight excluding hydrogens is 420 g/mol. The van der Waals surface area contributed by atoms with Crippen LogP contribution in [0.15, 0.2) is 30.5 Å². The Bertz CT molecular complexity index is 1100. The SMILES string of the molecule is COc1cc2nc(N3CCC(C(=O)Nc4ccc(Cl)cn4)CC3)nc(N)c2cc1OC. The maximum atomic E-state index is 12.6. The number of hydrogen-bond donors (Lipinski definition) is 2. The fourth-order valence-electron chi connectivity index (χ4n) is 3.63. The number of carbonyl (C=O) groups is 1. The van der Waals surface area contributed by atoms with Gasteiger partial charge in [0.15, 0.2) is 11.5 Å². The van der Waals surface area contributed by atoms with Crippen LogP contribution in [-0.4, -0.2) is 48.2 Å². The van der Waals surface area contributed by atoms with Crippen molar-refractivity contribution in [2.24, 2.45) is 5.92 Å². The molecule has 0 aliphatic carbocycles. The zero-order valence-electron chi connectivity index (χ0n) is 17.3. The molecule has 0 unspecified atom stereocenters. The van der Waals surface area contributed by atoms with Crippen molar-refractivity contribution in [1.29, 1.82) is 0 Å². The molecule has 0 radical (unpaired) electrons. The van der Waals surface area contributed by atoms with Crippen molar-refractivity contribution in [2.45, 2.75) is 12.8 Å². The highest BCUT2D eigenvalue weighted by atomic mass is 35.5. The van der Waals surface area contributed by atoms with E-state index in [1.807, 2.05) is 4.90 Å². The lowest BCUT2D eigenvalue weighted by atomic mass is 9.96. The van der Waals surface area contributed by atoms with Gasteiger partial charge in [0.05, 0.1) is 24.8 Å². The number of carbonyl (C=O) groups excluding carboxylic acids is 1. The first-order valence-electron chi connectivity index (χ1n) is 9.85. The van der Waals surface area contributed by atoms with Gasteiger partial charge in [0, 0.05) is 36.7 Å². The molecule has 9 nitrogen and oxygen atoms in total.